The van der Waals surface area contributed by atoms with Crippen molar-refractivity contribution >= 4 is 39.1 Å². The number of ether oxygens (including phenoxy) is 1. The van der Waals surface area contributed by atoms with Crippen molar-refractivity contribution in [2.24, 2.45) is 0 Å². The van der Waals surface area contributed by atoms with E-state index in [-0.39, 0.29) is 16.4 Å². The molecule has 1 unspecified atom stereocenters. The molecule has 1 atom stereocenters. The van der Waals surface area contributed by atoms with Crippen LogP contribution >= 0.6 is 11.8 Å². The van der Waals surface area contributed by atoms with Crippen molar-refractivity contribution in [1.82, 2.24) is 10.3 Å². The second-order valence-corrected chi connectivity index (χ2v) is 8.21. The van der Waals surface area contributed by atoms with E-state index in [4.69, 9.17) is 22.3 Å². The monoisotopic (exact) mass is 455 g/mol. The minimum atomic E-state index is -4.67. The lowest BCUT2D eigenvalue weighted by atomic mass is 10.1. The second-order valence-electron chi connectivity index (χ2n) is 6.14. The van der Waals surface area contributed by atoms with E-state index in [1.165, 1.54) is 0 Å². The SMILES string of the molecule is CN(CCOc1ccc(CC2SC(=O)NC2=O)cc1)c1ccccn1.O=S(=O)(O)O. The van der Waals surface area contributed by atoms with Gasteiger partial charge in [0.15, 0.2) is 0 Å². The Kier molecular flexibility index (Phi) is 8.59. The highest BCUT2D eigenvalue weighted by molar-refractivity contribution is 8.15. The van der Waals surface area contributed by atoms with Crippen LogP contribution in [0.2, 0.25) is 0 Å². The summed E-state index contributed by atoms with van der Waals surface area (Å²) in [6.07, 6.45) is 2.30. The van der Waals surface area contributed by atoms with Gasteiger partial charge < -0.3 is 9.64 Å². The summed E-state index contributed by atoms with van der Waals surface area (Å²) in [7, 11) is -2.69. The number of hydrogen-bond acceptors (Lipinski definition) is 8. The zero-order chi connectivity index (χ0) is 22.1. The topological polar surface area (TPSA) is 146 Å². The van der Waals surface area contributed by atoms with Crippen LogP contribution in [0.15, 0.2) is 48.7 Å². The highest BCUT2D eigenvalue weighted by atomic mass is 32.3. The summed E-state index contributed by atoms with van der Waals surface area (Å²) in [5.74, 6) is 1.47. The number of hydrogen-bond donors (Lipinski definition) is 3. The lowest BCUT2D eigenvalue weighted by Gasteiger charge is -2.18. The summed E-state index contributed by atoms with van der Waals surface area (Å²) in [5.41, 5.74) is 1.00. The first-order valence-corrected chi connectivity index (χ1v) is 10.9. The summed E-state index contributed by atoms with van der Waals surface area (Å²) in [5, 5.41) is 1.69. The average Bonchev–Trinajstić information content (AvgIpc) is 2.99. The van der Waals surface area contributed by atoms with Crippen LogP contribution in [0.1, 0.15) is 5.56 Å². The molecule has 0 aliphatic carbocycles. The van der Waals surface area contributed by atoms with Gasteiger partial charge >= 0.3 is 10.4 Å². The molecular weight excluding hydrogens is 434 g/mol. The first-order chi connectivity index (χ1) is 14.1. The summed E-state index contributed by atoms with van der Waals surface area (Å²) >= 11 is 1.05. The fourth-order valence-electron chi connectivity index (χ4n) is 2.46. The standard InChI is InChI=1S/C18H19N3O3S.H2O4S/c1-21(16-4-2-3-9-19-16)10-11-24-14-7-5-13(6-8-14)12-15-17(22)20-18(23)25-15;1-5(2,3)4/h2-9,15H,10-12H2,1H3,(H,20,22,23);(H2,1,2,3,4). The van der Waals surface area contributed by atoms with Crippen molar-refractivity contribution in [3.05, 3.63) is 54.2 Å². The van der Waals surface area contributed by atoms with E-state index in [1.54, 1.807) is 6.20 Å². The van der Waals surface area contributed by atoms with Crippen LogP contribution in [0.5, 0.6) is 5.75 Å². The predicted molar refractivity (Wildman–Crippen MR) is 112 cm³/mol. The van der Waals surface area contributed by atoms with Gasteiger partial charge in [-0.25, -0.2) is 4.98 Å². The van der Waals surface area contributed by atoms with Gasteiger partial charge in [-0.2, -0.15) is 8.42 Å². The quantitative estimate of drug-likeness (QED) is 0.528. The normalized spacial score (nSPS) is 15.8. The number of imide groups is 1. The molecular formula is C18H21N3O7S2. The van der Waals surface area contributed by atoms with Crippen molar-refractivity contribution in [2.45, 2.75) is 11.7 Å². The molecule has 1 aliphatic rings. The number of pyridine rings is 1. The zero-order valence-electron chi connectivity index (χ0n) is 16.0. The van der Waals surface area contributed by atoms with Gasteiger partial charge in [-0.05, 0) is 36.2 Å². The van der Waals surface area contributed by atoms with E-state index in [1.807, 2.05) is 54.4 Å². The fourth-order valence-corrected chi connectivity index (χ4v) is 3.32. The molecule has 1 fully saturated rings. The molecule has 0 spiro atoms. The van der Waals surface area contributed by atoms with Crippen LogP contribution < -0.4 is 15.0 Å². The molecule has 0 radical (unpaired) electrons. The number of nitrogens with one attached hydrogen (secondary N) is 1. The molecule has 10 nitrogen and oxygen atoms in total. The highest BCUT2D eigenvalue weighted by Crippen LogP contribution is 2.23. The molecule has 0 saturated carbocycles. The Labute approximate surface area is 178 Å². The van der Waals surface area contributed by atoms with E-state index in [2.05, 4.69) is 10.3 Å². The van der Waals surface area contributed by atoms with E-state index >= 15 is 0 Å². The summed E-state index contributed by atoms with van der Waals surface area (Å²) < 4.78 is 37.3. The Morgan fingerprint density at radius 1 is 1.17 bits per heavy atom. The van der Waals surface area contributed by atoms with Crippen LogP contribution in [-0.4, -0.2) is 59.1 Å². The van der Waals surface area contributed by atoms with Gasteiger partial charge in [0.1, 0.15) is 18.2 Å². The van der Waals surface area contributed by atoms with Gasteiger partial charge in [0.05, 0.1) is 11.8 Å². The maximum atomic E-state index is 11.6. The second kappa shape index (κ2) is 10.9. The summed E-state index contributed by atoms with van der Waals surface area (Å²) in [6, 6.07) is 13.4. The number of thioether (sulfide) groups is 1. The third-order valence-electron chi connectivity index (χ3n) is 3.85. The van der Waals surface area contributed by atoms with Crippen LogP contribution in [0.4, 0.5) is 10.6 Å². The van der Waals surface area contributed by atoms with Gasteiger partial charge in [0.2, 0.25) is 5.91 Å². The molecule has 1 aromatic heterocycles. The van der Waals surface area contributed by atoms with Gasteiger partial charge in [0.25, 0.3) is 5.24 Å². The minimum absolute atomic E-state index is 0.215. The Morgan fingerprint density at radius 2 is 1.83 bits per heavy atom. The van der Waals surface area contributed by atoms with E-state index in [9.17, 15) is 9.59 Å². The Bertz CT molecular complexity index is 946. The Morgan fingerprint density at radius 3 is 2.37 bits per heavy atom. The lowest BCUT2D eigenvalue weighted by Crippen LogP contribution is -2.25. The molecule has 2 amide bonds. The van der Waals surface area contributed by atoms with Crippen molar-refractivity contribution in [2.75, 3.05) is 25.1 Å². The van der Waals surface area contributed by atoms with E-state index in [0.29, 0.717) is 13.0 Å². The van der Waals surface area contributed by atoms with Crippen LogP contribution in [0.3, 0.4) is 0 Å². The number of carbonyl (C=O) groups excluding carboxylic acids is 2. The summed E-state index contributed by atoms with van der Waals surface area (Å²) in [6.45, 7) is 1.27. The van der Waals surface area contributed by atoms with E-state index < -0.39 is 10.4 Å². The number of anilines is 1. The van der Waals surface area contributed by atoms with Crippen molar-refractivity contribution in [3.8, 4) is 5.75 Å². The minimum Gasteiger partial charge on any atom is -0.492 e. The lowest BCUT2D eigenvalue weighted by molar-refractivity contribution is -0.118. The number of benzene rings is 1. The van der Waals surface area contributed by atoms with Crippen LogP contribution in [0.25, 0.3) is 0 Å². The summed E-state index contributed by atoms with van der Waals surface area (Å²) in [4.78, 5) is 29.1. The molecule has 12 heteroatoms. The molecule has 1 aliphatic heterocycles. The van der Waals surface area contributed by atoms with Crippen molar-refractivity contribution in [3.63, 3.8) is 0 Å². The van der Waals surface area contributed by atoms with Crippen molar-refractivity contribution < 1.29 is 31.8 Å². The molecule has 2 heterocycles. The van der Waals surface area contributed by atoms with Gasteiger partial charge in [0, 0.05) is 13.2 Å². The number of carbonyl (C=O) groups is 2. The Balaban J connectivity index is 0.000000575. The maximum absolute atomic E-state index is 11.6. The smallest absolute Gasteiger partial charge is 0.394 e. The molecule has 1 aromatic carbocycles. The van der Waals surface area contributed by atoms with Gasteiger partial charge in [-0.1, -0.05) is 30.0 Å². The maximum Gasteiger partial charge on any atom is 0.394 e. The number of nitrogens with zero attached hydrogens (tertiary/aromatic N) is 2. The Hall–Kier alpha value is -2.67. The molecule has 162 valence electrons. The first-order valence-electron chi connectivity index (χ1n) is 8.67. The number of rotatable bonds is 7. The third-order valence-corrected chi connectivity index (χ3v) is 4.83. The molecule has 1 saturated heterocycles. The third kappa shape index (κ3) is 8.78. The number of amides is 2. The molecule has 2 aromatic rings. The fraction of sp³-hybridized carbons (Fsp3) is 0.278. The van der Waals surface area contributed by atoms with Gasteiger partial charge in [-0.15, -0.1) is 0 Å². The first kappa shape index (κ1) is 23.6. The average molecular weight is 456 g/mol. The van der Waals surface area contributed by atoms with Crippen LogP contribution in [-0.2, 0) is 21.6 Å². The van der Waals surface area contributed by atoms with Crippen molar-refractivity contribution in [1.29, 1.82) is 0 Å². The van der Waals surface area contributed by atoms with Gasteiger partial charge in [-0.3, -0.25) is 24.0 Å². The molecule has 0 bridgehead atoms. The molecule has 3 N–H and O–H groups in total. The van der Waals surface area contributed by atoms with E-state index in [0.717, 1.165) is 35.4 Å². The molecule has 3 rings (SSSR count). The number of aromatic nitrogens is 1. The number of likely N-dealkylation sites (N-methyl/N-ethyl adjacent to an activating group) is 1. The molecule has 30 heavy (non-hydrogen) atoms. The zero-order valence-corrected chi connectivity index (χ0v) is 17.6. The largest absolute Gasteiger partial charge is 0.492 e. The predicted octanol–water partition coefficient (Wildman–Crippen LogP) is 1.84. The highest BCUT2D eigenvalue weighted by Gasteiger charge is 2.31. The van der Waals surface area contributed by atoms with Crippen LogP contribution in [0, 0.1) is 0 Å².